The van der Waals surface area contributed by atoms with Crippen molar-refractivity contribution < 1.29 is 5.11 Å². The van der Waals surface area contributed by atoms with Gasteiger partial charge in [0.05, 0.1) is 6.54 Å². The quantitative estimate of drug-likeness (QED) is 0.287. The molecule has 29 heavy (non-hydrogen) atoms. The van der Waals surface area contributed by atoms with Gasteiger partial charge in [-0.2, -0.15) is 5.10 Å². The maximum atomic E-state index is 9.52. The molecule has 3 N–H and O–H groups in total. The highest BCUT2D eigenvalue weighted by molar-refractivity contribution is 14.0. The van der Waals surface area contributed by atoms with Crippen LogP contribution in [0.5, 0.6) is 0 Å². The maximum Gasteiger partial charge on any atom is 0.191 e. The van der Waals surface area contributed by atoms with E-state index in [2.05, 4.69) is 27.6 Å². The summed E-state index contributed by atoms with van der Waals surface area (Å²) in [6.45, 7) is 4.56. The number of guanidine groups is 1. The number of nitrogens with zero attached hydrogens (tertiary/aromatic N) is 4. The molecule has 1 saturated carbocycles. The first-order valence-corrected chi connectivity index (χ1v) is 10.3. The van der Waals surface area contributed by atoms with Crippen LogP contribution in [0.2, 0.25) is 0 Å². The molecule has 2 aromatic heterocycles. The van der Waals surface area contributed by atoms with E-state index in [0.29, 0.717) is 6.54 Å². The lowest BCUT2D eigenvalue weighted by molar-refractivity contribution is 0.131. The van der Waals surface area contributed by atoms with Crippen LogP contribution < -0.4 is 10.6 Å². The second kappa shape index (κ2) is 12.1. The lowest BCUT2D eigenvalue weighted by Gasteiger charge is -2.37. The summed E-state index contributed by atoms with van der Waals surface area (Å²) in [7, 11) is 0. The first kappa shape index (κ1) is 23.6. The molecule has 0 amide bonds. The number of pyridine rings is 1. The Balaban J connectivity index is 0.00000300. The van der Waals surface area contributed by atoms with E-state index in [1.165, 1.54) is 32.1 Å². The van der Waals surface area contributed by atoms with Crippen LogP contribution in [0, 0.1) is 5.41 Å². The Morgan fingerprint density at radius 1 is 1.24 bits per heavy atom. The van der Waals surface area contributed by atoms with Gasteiger partial charge in [0.25, 0.3) is 0 Å². The van der Waals surface area contributed by atoms with E-state index in [4.69, 9.17) is 4.99 Å². The van der Waals surface area contributed by atoms with Crippen LogP contribution in [0.1, 0.15) is 51.0 Å². The third-order valence-corrected chi connectivity index (χ3v) is 5.50. The summed E-state index contributed by atoms with van der Waals surface area (Å²) in [6.07, 6.45) is 12.4. The van der Waals surface area contributed by atoms with E-state index in [1.807, 2.05) is 24.4 Å². The van der Waals surface area contributed by atoms with Crippen LogP contribution in [0.25, 0.3) is 5.82 Å². The molecule has 0 aromatic carbocycles. The van der Waals surface area contributed by atoms with E-state index in [-0.39, 0.29) is 36.0 Å². The summed E-state index contributed by atoms with van der Waals surface area (Å²) in [5, 5.41) is 20.6. The van der Waals surface area contributed by atoms with Gasteiger partial charge >= 0.3 is 0 Å². The summed E-state index contributed by atoms with van der Waals surface area (Å²) in [5.74, 6) is 1.61. The van der Waals surface area contributed by atoms with Gasteiger partial charge < -0.3 is 15.7 Å². The Labute approximate surface area is 190 Å². The van der Waals surface area contributed by atoms with Crippen molar-refractivity contribution in [3.63, 3.8) is 0 Å². The molecule has 0 atom stereocenters. The zero-order valence-corrected chi connectivity index (χ0v) is 19.5. The van der Waals surface area contributed by atoms with Gasteiger partial charge in [0.2, 0.25) is 0 Å². The molecule has 0 bridgehead atoms. The Hall–Kier alpha value is -1.68. The van der Waals surface area contributed by atoms with Crippen molar-refractivity contribution in [3.8, 4) is 5.82 Å². The third kappa shape index (κ3) is 6.95. The van der Waals surface area contributed by atoms with Crippen LogP contribution in [-0.2, 0) is 6.54 Å². The second-order valence-corrected chi connectivity index (χ2v) is 7.56. The number of hydrogen-bond donors (Lipinski definition) is 3. The predicted molar refractivity (Wildman–Crippen MR) is 127 cm³/mol. The number of rotatable bonds is 8. The highest BCUT2D eigenvalue weighted by Gasteiger charge is 2.31. The molecule has 1 aliphatic rings. The lowest BCUT2D eigenvalue weighted by atomic mass is 9.72. The van der Waals surface area contributed by atoms with E-state index in [9.17, 15) is 5.11 Å². The molecular weight excluding hydrogens is 479 g/mol. The molecule has 2 aromatic rings. The molecule has 160 valence electrons. The predicted octanol–water partition coefficient (Wildman–Crippen LogP) is 3.27. The molecule has 0 radical (unpaired) electrons. The Morgan fingerprint density at radius 2 is 2.07 bits per heavy atom. The van der Waals surface area contributed by atoms with E-state index < -0.39 is 0 Å². The number of halogens is 1. The van der Waals surface area contributed by atoms with Crippen LogP contribution in [0.4, 0.5) is 0 Å². The van der Waals surface area contributed by atoms with E-state index >= 15 is 0 Å². The number of nitrogens with one attached hydrogen (secondary N) is 2. The van der Waals surface area contributed by atoms with Crippen molar-refractivity contribution in [2.45, 2.75) is 52.0 Å². The standard InChI is InChI=1S/C21H32N6O.HI/c1-2-22-20(25-17-21(10-14-28)8-4-3-5-9-21)24-16-18-7-12-23-19(15-18)27-13-6-11-26-27;/h6-7,11-13,15,28H,2-5,8-10,14,16-17H2,1H3,(H2,22,24,25);1H. The number of hydrogen-bond acceptors (Lipinski definition) is 4. The number of aliphatic hydroxyl groups is 1. The van der Waals surface area contributed by atoms with Gasteiger partial charge in [-0.25, -0.2) is 14.7 Å². The molecule has 1 aliphatic carbocycles. The molecule has 7 nitrogen and oxygen atoms in total. The van der Waals surface area contributed by atoms with E-state index in [0.717, 1.165) is 36.9 Å². The van der Waals surface area contributed by atoms with Crippen LogP contribution >= 0.6 is 24.0 Å². The fourth-order valence-electron chi connectivity index (χ4n) is 3.93. The second-order valence-electron chi connectivity index (χ2n) is 7.56. The number of aliphatic imine (C=N–C) groups is 1. The molecule has 0 aliphatic heterocycles. The molecule has 8 heteroatoms. The van der Waals surface area contributed by atoms with Crippen molar-refractivity contribution >= 4 is 29.9 Å². The molecule has 0 saturated heterocycles. The topological polar surface area (TPSA) is 87.4 Å². The first-order chi connectivity index (χ1) is 13.7. The molecule has 2 heterocycles. The number of aliphatic hydroxyl groups excluding tert-OH is 1. The average Bonchev–Trinajstić information content (AvgIpc) is 3.26. The van der Waals surface area contributed by atoms with Crippen LogP contribution in [0.3, 0.4) is 0 Å². The molecule has 0 spiro atoms. The number of aromatic nitrogens is 3. The van der Waals surface area contributed by atoms with E-state index in [1.54, 1.807) is 17.1 Å². The fraction of sp³-hybridized carbons (Fsp3) is 0.571. The zero-order chi connectivity index (χ0) is 19.7. The monoisotopic (exact) mass is 512 g/mol. The molecule has 3 rings (SSSR count). The van der Waals surface area contributed by atoms with Crippen molar-refractivity contribution in [1.82, 2.24) is 25.4 Å². The molecule has 1 fully saturated rings. The minimum atomic E-state index is 0. The molecule has 0 unspecified atom stereocenters. The Morgan fingerprint density at radius 3 is 2.76 bits per heavy atom. The van der Waals surface area contributed by atoms with Gasteiger partial charge in [-0.15, -0.1) is 24.0 Å². The highest BCUT2D eigenvalue weighted by atomic mass is 127. The van der Waals surface area contributed by atoms with Crippen molar-refractivity contribution in [3.05, 3.63) is 42.4 Å². The minimum absolute atomic E-state index is 0. The smallest absolute Gasteiger partial charge is 0.191 e. The van der Waals surface area contributed by atoms with Gasteiger partial charge in [0.15, 0.2) is 11.8 Å². The summed E-state index contributed by atoms with van der Waals surface area (Å²) >= 11 is 0. The van der Waals surface area contributed by atoms with Crippen molar-refractivity contribution in [1.29, 1.82) is 0 Å². The third-order valence-electron chi connectivity index (χ3n) is 5.50. The Bertz CT molecular complexity index is 738. The summed E-state index contributed by atoms with van der Waals surface area (Å²) < 4.78 is 1.75. The minimum Gasteiger partial charge on any atom is -0.396 e. The summed E-state index contributed by atoms with van der Waals surface area (Å²) in [6, 6.07) is 5.87. The van der Waals surface area contributed by atoms with Crippen molar-refractivity contribution in [2.24, 2.45) is 10.4 Å². The summed E-state index contributed by atoms with van der Waals surface area (Å²) in [5.41, 5.74) is 1.27. The van der Waals surface area contributed by atoms with Crippen LogP contribution in [-0.4, -0.2) is 45.5 Å². The van der Waals surface area contributed by atoms with Gasteiger partial charge in [0, 0.05) is 38.3 Å². The fourth-order valence-corrected chi connectivity index (χ4v) is 3.93. The highest BCUT2D eigenvalue weighted by Crippen LogP contribution is 2.38. The van der Waals surface area contributed by atoms with Gasteiger partial charge in [0.1, 0.15) is 0 Å². The molecular formula is C21H33IN6O. The van der Waals surface area contributed by atoms with Crippen LogP contribution in [0.15, 0.2) is 41.8 Å². The van der Waals surface area contributed by atoms with Gasteiger partial charge in [-0.3, -0.25) is 0 Å². The zero-order valence-electron chi connectivity index (χ0n) is 17.2. The van der Waals surface area contributed by atoms with Gasteiger partial charge in [-0.1, -0.05) is 19.3 Å². The van der Waals surface area contributed by atoms with Crippen molar-refractivity contribution in [2.75, 3.05) is 19.7 Å². The van der Waals surface area contributed by atoms with Gasteiger partial charge in [-0.05, 0) is 55.4 Å². The average molecular weight is 512 g/mol. The maximum absolute atomic E-state index is 9.52. The first-order valence-electron chi connectivity index (χ1n) is 10.3. The normalized spacial score (nSPS) is 16.1. The SMILES string of the molecule is CCNC(=NCc1ccnc(-n2cccn2)c1)NCC1(CCO)CCCCC1.I. The summed E-state index contributed by atoms with van der Waals surface area (Å²) in [4.78, 5) is 9.13. The Kier molecular flexibility index (Phi) is 9.86. The lowest BCUT2D eigenvalue weighted by Crippen LogP contribution is -2.44. The largest absolute Gasteiger partial charge is 0.396 e.